The molecular formula is C15H12ClNOS. The minimum absolute atomic E-state index is 0.111. The van der Waals surface area contributed by atoms with Crippen LogP contribution in [0.5, 0.6) is 0 Å². The average Bonchev–Trinajstić information content (AvgIpc) is 2.46. The van der Waals surface area contributed by atoms with Crippen molar-refractivity contribution >= 4 is 23.4 Å². The first-order valence-corrected chi connectivity index (χ1v) is 7.07. The summed E-state index contributed by atoms with van der Waals surface area (Å²) in [7, 11) is 0. The molecule has 0 aliphatic carbocycles. The van der Waals surface area contributed by atoms with Gasteiger partial charge >= 0.3 is 0 Å². The number of halogens is 1. The van der Waals surface area contributed by atoms with Crippen LogP contribution in [-0.2, 0) is 5.75 Å². The van der Waals surface area contributed by atoms with Crippen LogP contribution >= 0.6 is 23.4 Å². The molecule has 4 heteroatoms. The third-order valence-corrected chi connectivity index (χ3v) is 3.59. The highest BCUT2D eigenvalue weighted by Gasteiger charge is 1.98. The molecule has 2 aromatic rings. The zero-order chi connectivity index (χ0) is 13.5. The minimum atomic E-state index is -0.111. The summed E-state index contributed by atoms with van der Waals surface area (Å²) >= 11 is 7.45. The van der Waals surface area contributed by atoms with Crippen molar-refractivity contribution < 1.29 is 5.11 Å². The molecule has 0 saturated heterocycles. The maximum absolute atomic E-state index is 8.62. The lowest BCUT2D eigenvalue weighted by molar-refractivity contribution is 0.350. The van der Waals surface area contributed by atoms with Gasteiger partial charge in [0.25, 0.3) is 0 Å². The number of pyridine rings is 1. The lowest BCUT2D eigenvalue weighted by Gasteiger charge is -2.01. The Hall–Kier alpha value is -1.47. The van der Waals surface area contributed by atoms with Crippen molar-refractivity contribution in [2.24, 2.45) is 0 Å². The third-order valence-electron chi connectivity index (χ3n) is 2.35. The van der Waals surface area contributed by atoms with Gasteiger partial charge in [-0.1, -0.05) is 35.6 Å². The highest BCUT2D eigenvalue weighted by atomic mass is 35.5. The van der Waals surface area contributed by atoms with Crippen LogP contribution in [0.2, 0.25) is 5.02 Å². The van der Waals surface area contributed by atoms with Crippen molar-refractivity contribution in [3.63, 3.8) is 0 Å². The van der Waals surface area contributed by atoms with Gasteiger partial charge in [0.15, 0.2) is 0 Å². The third kappa shape index (κ3) is 4.60. The molecule has 0 amide bonds. The van der Waals surface area contributed by atoms with Crippen LogP contribution in [0.3, 0.4) is 0 Å². The van der Waals surface area contributed by atoms with Gasteiger partial charge in [0.1, 0.15) is 6.61 Å². The summed E-state index contributed by atoms with van der Waals surface area (Å²) in [5.41, 5.74) is 2.11. The minimum Gasteiger partial charge on any atom is -0.384 e. The number of hydrogen-bond donors (Lipinski definition) is 1. The van der Waals surface area contributed by atoms with E-state index in [-0.39, 0.29) is 6.61 Å². The molecule has 0 atom stereocenters. The fraction of sp³-hybridized carbons (Fsp3) is 0.133. The quantitative estimate of drug-likeness (QED) is 0.695. The summed E-state index contributed by atoms with van der Waals surface area (Å²) in [4.78, 5) is 4.23. The number of nitrogens with zero attached hydrogens (tertiary/aromatic N) is 1. The van der Waals surface area contributed by atoms with Gasteiger partial charge in [-0.05, 0) is 29.8 Å². The summed E-state index contributed by atoms with van der Waals surface area (Å²) < 4.78 is 0. The van der Waals surface area contributed by atoms with E-state index >= 15 is 0 Å². The molecule has 0 radical (unpaired) electrons. The van der Waals surface area contributed by atoms with Gasteiger partial charge in [-0.25, -0.2) is 4.98 Å². The molecule has 1 N–H and O–H groups in total. The number of benzene rings is 1. The van der Waals surface area contributed by atoms with Gasteiger partial charge in [0.2, 0.25) is 0 Å². The van der Waals surface area contributed by atoms with E-state index in [1.807, 2.05) is 36.4 Å². The van der Waals surface area contributed by atoms with Crippen LogP contribution in [0.25, 0.3) is 0 Å². The number of aliphatic hydroxyl groups excluding tert-OH is 1. The molecule has 0 aliphatic heterocycles. The van der Waals surface area contributed by atoms with E-state index in [2.05, 4.69) is 16.8 Å². The van der Waals surface area contributed by atoms with Crippen LogP contribution in [0.1, 0.15) is 11.1 Å². The van der Waals surface area contributed by atoms with E-state index in [0.29, 0.717) is 5.02 Å². The van der Waals surface area contributed by atoms with Crippen molar-refractivity contribution in [2.75, 3.05) is 6.61 Å². The predicted octanol–water partition coefficient (Wildman–Crippen LogP) is 3.37. The zero-order valence-corrected chi connectivity index (χ0v) is 11.7. The van der Waals surface area contributed by atoms with E-state index < -0.39 is 0 Å². The Morgan fingerprint density at radius 3 is 2.58 bits per heavy atom. The summed E-state index contributed by atoms with van der Waals surface area (Å²) in [6, 6.07) is 11.7. The second-order valence-corrected chi connectivity index (χ2v) is 5.19. The predicted molar refractivity (Wildman–Crippen MR) is 79.2 cm³/mol. The van der Waals surface area contributed by atoms with Gasteiger partial charge in [-0.15, -0.1) is 11.8 Å². The van der Waals surface area contributed by atoms with E-state index in [9.17, 15) is 0 Å². The Kier molecular flexibility index (Phi) is 5.29. The van der Waals surface area contributed by atoms with Gasteiger partial charge in [-0.2, -0.15) is 0 Å². The highest BCUT2D eigenvalue weighted by molar-refractivity contribution is 7.98. The second-order valence-electron chi connectivity index (χ2n) is 3.76. The van der Waals surface area contributed by atoms with Gasteiger partial charge < -0.3 is 5.11 Å². The molecule has 2 nitrogen and oxygen atoms in total. The number of thioether (sulfide) groups is 1. The lowest BCUT2D eigenvalue weighted by atomic mass is 10.1. The maximum atomic E-state index is 8.62. The Balaban J connectivity index is 1.94. The Bertz CT molecular complexity index is 584. The van der Waals surface area contributed by atoms with Crippen LogP contribution in [-0.4, -0.2) is 16.7 Å². The fourth-order valence-electron chi connectivity index (χ4n) is 1.43. The van der Waals surface area contributed by atoms with E-state index in [1.165, 1.54) is 5.56 Å². The molecule has 1 aromatic heterocycles. The van der Waals surface area contributed by atoms with Crippen molar-refractivity contribution in [2.45, 2.75) is 10.8 Å². The van der Waals surface area contributed by atoms with E-state index in [0.717, 1.165) is 16.3 Å². The van der Waals surface area contributed by atoms with Crippen molar-refractivity contribution in [1.29, 1.82) is 0 Å². The smallest absolute Gasteiger partial charge is 0.104 e. The molecule has 0 aliphatic rings. The molecule has 1 heterocycles. The van der Waals surface area contributed by atoms with Crippen molar-refractivity contribution in [3.05, 3.63) is 58.7 Å². The summed E-state index contributed by atoms with van der Waals surface area (Å²) in [6.45, 7) is -0.111. The zero-order valence-electron chi connectivity index (χ0n) is 10.1. The van der Waals surface area contributed by atoms with Crippen molar-refractivity contribution in [1.82, 2.24) is 4.98 Å². The number of aromatic nitrogens is 1. The Morgan fingerprint density at radius 1 is 1.16 bits per heavy atom. The van der Waals surface area contributed by atoms with E-state index in [4.69, 9.17) is 16.7 Å². The number of hydrogen-bond acceptors (Lipinski definition) is 3. The monoisotopic (exact) mass is 289 g/mol. The standard InChI is InChI=1S/C15H12ClNOS/c16-14-7-8-15(17-10-14)19-11-13-5-3-12(4-6-13)2-1-9-18/h3-8,10,18H,9,11H2. The molecule has 0 spiro atoms. The molecule has 0 saturated carbocycles. The summed E-state index contributed by atoms with van der Waals surface area (Å²) in [5, 5.41) is 10.2. The first-order chi connectivity index (χ1) is 9.28. The van der Waals surface area contributed by atoms with Crippen LogP contribution < -0.4 is 0 Å². The highest BCUT2D eigenvalue weighted by Crippen LogP contribution is 2.21. The first-order valence-electron chi connectivity index (χ1n) is 5.71. The molecular weight excluding hydrogens is 278 g/mol. The SMILES string of the molecule is OCC#Cc1ccc(CSc2ccc(Cl)cn2)cc1. The Labute approximate surface area is 121 Å². The van der Waals surface area contributed by atoms with Crippen LogP contribution in [0, 0.1) is 11.8 Å². The molecule has 96 valence electrons. The molecule has 0 fully saturated rings. The molecule has 2 rings (SSSR count). The molecule has 0 unspecified atom stereocenters. The fourth-order valence-corrected chi connectivity index (χ4v) is 2.34. The topological polar surface area (TPSA) is 33.1 Å². The normalized spacial score (nSPS) is 9.79. The first kappa shape index (κ1) is 14.0. The summed E-state index contributed by atoms with van der Waals surface area (Å²) in [6.07, 6.45) is 1.65. The second kappa shape index (κ2) is 7.20. The molecule has 19 heavy (non-hydrogen) atoms. The maximum Gasteiger partial charge on any atom is 0.104 e. The van der Waals surface area contributed by atoms with Gasteiger partial charge in [0.05, 0.1) is 10.0 Å². The largest absolute Gasteiger partial charge is 0.384 e. The summed E-state index contributed by atoms with van der Waals surface area (Å²) in [5.74, 6) is 6.34. The average molecular weight is 290 g/mol. The van der Waals surface area contributed by atoms with Crippen LogP contribution in [0.15, 0.2) is 47.6 Å². The Morgan fingerprint density at radius 2 is 1.95 bits per heavy atom. The van der Waals surface area contributed by atoms with Crippen molar-refractivity contribution in [3.8, 4) is 11.8 Å². The van der Waals surface area contributed by atoms with Gasteiger partial charge in [0, 0.05) is 17.5 Å². The molecule has 1 aromatic carbocycles. The lowest BCUT2D eigenvalue weighted by Crippen LogP contribution is -1.84. The van der Waals surface area contributed by atoms with Gasteiger partial charge in [-0.3, -0.25) is 0 Å². The number of rotatable bonds is 3. The molecule has 0 bridgehead atoms. The number of aliphatic hydroxyl groups is 1. The van der Waals surface area contributed by atoms with Crippen LogP contribution in [0.4, 0.5) is 0 Å². The van der Waals surface area contributed by atoms with E-state index in [1.54, 1.807) is 18.0 Å².